The highest BCUT2D eigenvalue weighted by molar-refractivity contribution is 14.1. The average molecular weight is 576 g/mol. The van der Waals surface area contributed by atoms with Crippen LogP contribution in [0.5, 0.6) is 0 Å². The van der Waals surface area contributed by atoms with E-state index in [0.717, 1.165) is 32.2 Å². The van der Waals surface area contributed by atoms with Gasteiger partial charge in [-0.1, -0.05) is 52.6 Å². The van der Waals surface area contributed by atoms with E-state index in [9.17, 15) is 4.79 Å². The molecule has 0 radical (unpaired) electrons. The highest BCUT2D eigenvalue weighted by Crippen LogP contribution is 2.46. The summed E-state index contributed by atoms with van der Waals surface area (Å²) in [7, 11) is 3.64. The maximum atomic E-state index is 12.0. The number of benzene rings is 1. The molecule has 0 atom stereocenters. The summed E-state index contributed by atoms with van der Waals surface area (Å²) in [5.41, 5.74) is 3.84. The summed E-state index contributed by atoms with van der Waals surface area (Å²) in [6.45, 7) is 1.06. The van der Waals surface area contributed by atoms with Gasteiger partial charge in [-0.25, -0.2) is 4.57 Å². The van der Waals surface area contributed by atoms with Crippen LogP contribution in [0.1, 0.15) is 37.7 Å². The minimum absolute atomic E-state index is 0.0431. The monoisotopic (exact) mass is 575 g/mol. The van der Waals surface area contributed by atoms with Crippen molar-refractivity contribution in [3.8, 4) is 0 Å². The van der Waals surface area contributed by atoms with Crippen LogP contribution in [0.2, 0.25) is 0 Å². The highest BCUT2D eigenvalue weighted by atomic mass is 127. The second-order valence-corrected chi connectivity index (χ2v) is 10.9. The third-order valence-corrected chi connectivity index (χ3v) is 8.52. The quantitative estimate of drug-likeness (QED) is 0.169. The molecule has 0 saturated heterocycles. The number of pyridine rings is 1. The van der Waals surface area contributed by atoms with Gasteiger partial charge in [-0.15, -0.1) is 0 Å². The number of fused-ring (bicyclic) bond motifs is 1. The van der Waals surface area contributed by atoms with Gasteiger partial charge in [0.05, 0.1) is 23.7 Å². The number of nitrogens with zero attached hydrogens (tertiary/aromatic N) is 2. The molecule has 4 nitrogen and oxygen atoms in total. The molecule has 0 unspecified atom stereocenters. The Kier molecular flexibility index (Phi) is 8.52. The van der Waals surface area contributed by atoms with E-state index in [2.05, 4.69) is 100 Å². The zero-order chi connectivity index (χ0) is 23.2. The Morgan fingerprint density at radius 1 is 1.15 bits per heavy atom. The fourth-order valence-electron chi connectivity index (χ4n) is 4.64. The molecule has 1 aromatic heterocycles. The second-order valence-electron chi connectivity index (χ2n) is 8.74. The van der Waals surface area contributed by atoms with Gasteiger partial charge in [-0.3, -0.25) is 4.79 Å². The van der Waals surface area contributed by atoms with Gasteiger partial charge in [0.1, 0.15) is 6.54 Å². The normalized spacial score (nSPS) is 21.8. The van der Waals surface area contributed by atoms with Crippen LogP contribution in [0.25, 0.3) is 6.08 Å². The number of hydrogen-bond donors (Lipinski definition) is 0. The Morgan fingerprint density at radius 3 is 2.52 bits per heavy atom. The van der Waals surface area contributed by atoms with Crippen molar-refractivity contribution >= 4 is 52.1 Å². The lowest BCUT2D eigenvalue weighted by molar-refractivity contribution is -0.696. The zero-order valence-corrected chi connectivity index (χ0v) is 22.3. The Hall–Kier alpha value is -1.80. The molecule has 1 aliphatic carbocycles. The van der Waals surface area contributed by atoms with E-state index in [1.165, 1.54) is 44.7 Å². The Labute approximate surface area is 215 Å². The third-order valence-electron chi connectivity index (χ3n) is 6.60. The number of hydrogen-bond acceptors (Lipinski definition) is 4. The van der Waals surface area contributed by atoms with Crippen molar-refractivity contribution in [3.05, 3.63) is 71.0 Å². The smallest absolute Gasteiger partial charge is 0.308 e. The molecular formula is C27H32IN2O2S+. The van der Waals surface area contributed by atoms with Gasteiger partial charge < -0.3 is 9.64 Å². The number of halogens is 1. The van der Waals surface area contributed by atoms with Crippen LogP contribution >= 0.6 is 34.4 Å². The van der Waals surface area contributed by atoms with Crippen LogP contribution in [-0.4, -0.2) is 24.6 Å². The fourth-order valence-corrected chi connectivity index (χ4v) is 6.10. The molecular weight excluding hydrogens is 543 g/mol. The molecule has 2 aliphatic rings. The van der Waals surface area contributed by atoms with Gasteiger partial charge in [-0.2, -0.15) is 0 Å². The lowest BCUT2D eigenvalue weighted by atomic mass is 9.78. The van der Waals surface area contributed by atoms with Crippen LogP contribution in [0.15, 0.2) is 70.4 Å². The molecule has 1 aliphatic heterocycles. The molecule has 0 N–H and O–H groups in total. The van der Waals surface area contributed by atoms with Crippen molar-refractivity contribution < 1.29 is 14.1 Å². The van der Waals surface area contributed by atoms with Crippen LogP contribution in [-0.2, 0) is 16.1 Å². The number of alkyl halides is 1. The van der Waals surface area contributed by atoms with Gasteiger partial charge >= 0.3 is 5.97 Å². The lowest BCUT2D eigenvalue weighted by Crippen LogP contribution is -2.32. The van der Waals surface area contributed by atoms with Gasteiger partial charge in [0.2, 0.25) is 0 Å². The number of carbonyl (C=O) groups excluding carboxylic acids is 1. The van der Waals surface area contributed by atoms with Gasteiger partial charge in [-0.05, 0) is 60.9 Å². The molecule has 174 valence electrons. The number of ether oxygens (including phenoxy) is 1. The molecule has 0 bridgehead atoms. The molecule has 4 rings (SSSR count). The average Bonchev–Trinajstić information content (AvgIpc) is 3.18. The molecule has 0 amide bonds. The Bertz CT molecular complexity index is 1030. The van der Waals surface area contributed by atoms with Crippen molar-refractivity contribution in [3.63, 3.8) is 0 Å². The molecule has 33 heavy (non-hydrogen) atoms. The molecule has 1 aromatic carbocycles. The highest BCUT2D eigenvalue weighted by Gasteiger charge is 2.29. The summed E-state index contributed by atoms with van der Waals surface area (Å²) in [5.74, 6) is 0.432. The first-order chi connectivity index (χ1) is 16.1. The van der Waals surface area contributed by atoms with Crippen molar-refractivity contribution in [2.75, 3.05) is 23.5 Å². The first-order valence-electron chi connectivity index (χ1n) is 11.7. The minimum Gasteiger partial charge on any atom is -0.469 e. The van der Waals surface area contributed by atoms with Gasteiger partial charge in [0.25, 0.3) is 0 Å². The molecule has 1 fully saturated rings. The summed E-state index contributed by atoms with van der Waals surface area (Å²) < 4.78 is 8.43. The number of aromatic nitrogens is 1. The van der Waals surface area contributed by atoms with Crippen LogP contribution in [0.3, 0.4) is 0 Å². The van der Waals surface area contributed by atoms with E-state index in [1.54, 1.807) is 0 Å². The number of esters is 1. The van der Waals surface area contributed by atoms with E-state index in [1.807, 2.05) is 11.8 Å². The number of methoxy groups -OCH3 is 1. The van der Waals surface area contributed by atoms with E-state index in [4.69, 9.17) is 4.74 Å². The number of allylic oxidation sites excluding steroid dienone is 2. The zero-order valence-electron chi connectivity index (χ0n) is 19.4. The number of carbonyl (C=O) groups is 1. The predicted molar refractivity (Wildman–Crippen MR) is 144 cm³/mol. The molecule has 1 saturated carbocycles. The molecule has 0 spiro atoms. The van der Waals surface area contributed by atoms with Gasteiger partial charge in [0, 0.05) is 34.9 Å². The Morgan fingerprint density at radius 2 is 1.85 bits per heavy atom. The molecule has 6 heteroatoms. The topological polar surface area (TPSA) is 33.4 Å². The van der Waals surface area contributed by atoms with Gasteiger partial charge in [0.15, 0.2) is 12.4 Å². The van der Waals surface area contributed by atoms with Crippen molar-refractivity contribution in [2.45, 2.75) is 43.5 Å². The fraction of sp³-hybridized carbons (Fsp3) is 0.407. The summed E-state index contributed by atoms with van der Waals surface area (Å²) in [6, 6.07) is 13.0. The van der Waals surface area contributed by atoms with Crippen LogP contribution in [0.4, 0.5) is 5.69 Å². The first kappa shape index (κ1) is 24.3. The maximum Gasteiger partial charge on any atom is 0.308 e. The largest absolute Gasteiger partial charge is 0.469 e. The number of para-hydroxylation sites is 1. The van der Waals surface area contributed by atoms with Crippen molar-refractivity contribution in [2.24, 2.45) is 11.8 Å². The van der Waals surface area contributed by atoms with Crippen LogP contribution < -0.4 is 9.47 Å². The number of rotatable bonds is 7. The third kappa shape index (κ3) is 6.01. The lowest BCUT2D eigenvalue weighted by Gasteiger charge is -2.28. The van der Waals surface area contributed by atoms with Crippen molar-refractivity contribution in [1.82, 2.24) is 0 Å². The first-order valence-corrected chi connectivity index (χ1v) is 14.0. The molecule has 2 aromatic rings. The summed E-state index contributed by atoms with van der Waals surface area (Å²) in [6.07, 6.45) is 14.1. The minimum atomic E-state index is -0.0574. The van der Waals surface area contributed by atoms with Crippen LogP contribution in [0, 0.1) is 11.8 Å². The number of thioether (sulfide) groups is 1. The summed E-state index contributed by atoms with van der Waals surface area (Å²) in [4.78, 5) is 15.6. The van der Waals surface area contributed by atoms with E-state index in [-0.39, 0.29) is 11.9 Å². The molecule has 2 heterocycles. The summed E-state index contributed by atoms with van der Waals surface area (Å²) >= 11 is 4.27. The maximum absolute atomic E-state index is 12.0. The van der Waals surface area contributed by atoms with E-state index >= 15 is 0 Å². The summed E-state index contributed by atoms with van der Waals surface area (Å²) in [5, 5.41) is 1.26. The standard InChI is InChI=1S/C27H32IN2O2S/c1-29-24-6-3-4-7-25(24)33-26(29)19-23(21-8-10-22(11-9-21)27(31)32-2)18-20-12-16-30(17-13-20)15-5-14-28/h3-4,6-7,12-13,16-19,21-22H,5,8-11,14-15H2,1-2H3/q+1. The second kappa shape index (κ2) is 11.6. The Balaban J connectivity index is 1.59. The van der Waals surface area contributed by atoms with E-state index < -0.39 is 0 Å². The number of aryl methyl sites for hydroxylation is 1. The number of anilines is 1. The van der Waals surface area contributed by atoms with Crippen molar-refractivity contribution in [1.29, 1.82) is 0 Å². The van der Waals surface area contributed by atoms with E-state index in [0.29, 0.717) is 5.92 Å². The predicted octanol–water partition coefficient (Wildman–Crippen LogP) is 6.25. The SMILES string of the molecule is COC(=O)C1CCC(C(=C\c2cc[n+](CCCI)cc2)/C=C2/Sc3ccccc3N2C)CC1.